The average Bonchev–Trinajstić information content (AvgIpc) is 3.12. The Balaban J connectivity index is 1.64. The van der Waals surface area contributed by atoms with Crippen LogP contribution < -0.4 is 14.6 Å². The number of halogens is 1. The molecular weight excluding hydrogens is 456 g/mol. The van der Waals surface area contributed by atoms with Gasteiger partial charge in [0.2, 0.25) is 0 Å². The molecule has 6 heteroatoms. The molecule has 0 radical (unpaired) electrons. The Morgan fingerprint density at radius 3 is 2.29 bits per heavy atom. The number of fused-ring (bicyclic) bond motifs is 1. The van der Waals surface area contributed by atoms with Crippen molar-refractivity contribution in [2.24, 2.45) is 0 Å². The minimum atomic E-state index is -0.264. The van der Waals surface area contributed by atoms with Crippen LogP contribution in [0.15, 0.2) is 95.9 Å². The Labute approximate surface area is 184 Å². The molecule has 0 amide bonds. The van der Waals surface area contributed by atoms with E-state index in [9.17, 15) is 9.18 Å². The minimum absolute atomic E-state index is 0.110. The van der Waals surface area contributed by atoms with E-state index < -0.39 is 0 Å². The summed E-state index contributed by atoms with van der Waals surface area (Å²) in [6.07, 6.45) is 2.30. The standard InChI is InChI=1S/C25H18FN3OSe/c26-19-11-13-20(14-12-19)31-24-23-27-21(15-17-7-3-1-4-8-17)25(30)29(23)16-22(28-24)18-9-5-2-6-10-18/h1-14,16,28H,15H2. The SMILES string of the molecule is O=c1c(Cc2ccccc2)nc2c([Se]c3ccc(F)cc3)[nH]c(-c3ccccc3)cn1-2. The first-order valence-corrected chi connectivity index (χ1v) is 11.6. The number of hydrogen-bond acceptors (Lipinski definition) is 2. The number of hydrogen-bond donors (Lipinski definition) is 1. The molecule has 2 heterocycles. The van der Waals surface area contributed by atoms with E-state index in [0.29, 0.717) is 17.9 Å². The maximum absolute atomic E-state index is 13.4. The van der Waals surface area contributed by atoms with Crippen LogP contribution in [0.2, 0.25) is 0 Å². The molecule has 3 aromatic carbocycles. The zero-order chi connectivity index (χ0) is 21.2. The average molecular weight is 474 g/mol. The molecule has 0 unspecified atom stereocenters. The second-order valence-corrected chi connectivity index (χ2v) is 9.41. The molecule has 1 N–H and O–H groups in total. The van der Waals surface area contributed by atoms with E-state index in [1.807, 2.05) is 66.9 Å². The van der Waals surface area contributed by atoms with Gasteiger partial charge in [-0.15, -0.1) is 0 Å². The Kier molecular flexibility index (Phi) is 5.24. The molecule has 0 saturated carbocycles. The van der Waals surface area contributed by atoms with Gasteiger partial charge in [0.1, 0.15) is 0 Å². The van der Waals surface area contributed by atoms with Gasteiger partial charge in [-0.3, -0.25) is 0 Å². The van der Waals surface area contributed by atoms with Crippen LogP contribution in [0.25, 0.3) is 17.1 Å². The predicted molar refractivity (Wildman–Crippen MR) is 121 cm³/mol. The van der Waals surface area contributed by atoms with Crippen molar-refractivity contribution in [1.82, 2.24) is 14.5 Å². The van der Waals surface area contributed by atoms with Crippen LogP contribution in [0, 0.1) is 5.82 Å². The van der Waals surface area contributed by atoms with Gasteiger partial charge in [0.25, 0.3) is 0 Å². The number of benzene rings is 3. The fourth-order valence-electron chi connectivity index (χ4n) is 3.44. The number of nitrogens with one attached hydrogen (secondary N) is 1. The molecule has 0 aromatic heterocycles. The topological polar surface area (TPSA) is 50.7 Å². The second kappa shape index (κ2) is 8.34. The van der Waals surface area contributed by atoms with E-state index in [1.165, 1.54) is 12.1 Å². The number of rotatable bonds is 5. The van der Waals surface area contributed by atoms with Crippen molar-refractivity contribution in [3.8, 4) is 17.1 Å². The summed E-state index contributed by atoms with van der Waals surface area (Å²) in [6.45, 7) is 0. The summed E-state index contributed by atoms with van der Waals surface area (Å²) in [5, 5.41) is 0. The van der Waals surface area contributed by atoms with E-state index in [0.717, 1.165) is 25.9 Å². The molecule has 0 bridgehead atoms. The third-order valence-corrected chi connectivity index (χ3v) is 7.07. The van der Waals surface area contributed by atoms with Crippen LogP contribution in [0.4, 0.5) is 4.39 Å². The van der Waals surface area contributed by atoms with Crippen molar-refractivity contribution >= 4 is 24.0 Å². The summed E-state index contributed by atoms with van der Waals surface area (Å²) >= 11 is -0.179. The second-order valence-electron chi connectivity index (χ2n) is 7.14. The van der Waals surface area contributed by atoms with E-state index in [1.54, 1.807) is 16.7 Å². The van der Waals surface area contributed by atoms with Crippen LogP contribution in [0.5, 0.6) is 0 Å². The van der Waals surface area contributed by atoms with Crippen molar-refractivity contribution in [2.45, 2.75) is 6.42 Å². The van der Waals surface area contributed by atoms with Crippen LogP contribution in [0.1, 0.15) is 11.3 Å². The Hall–Kier alpha value is -3.47. The van der Waals surface area contributed by atoms with Gasteiger partial charge in [-0.2, -0.15) is 0 Å². The van der Waals surface area contributed by atoms with Gasteiger partial charge in [-0.05, 0) is 0 Å². The van der Waals surface area contributed by atoms with Crippen LogP contribution in [-0.2, 0) is 6.42 Å². The third-order valence-electron chi connectivity index (χ3n) is 4.98. The first-order chi connectivity index (χ1) is 15.2. The van der Waals surface area contributed by atoms with Gasteiger partial charge in [-0.1, -0.05) is 0 Å². The maximum atomic E-state index is 13.4. The summed E-state index contributed by atoms with van der Waals surface area (Å²) in [5.74, 6) is 0.361. The fraction of sp³-hybridized carbons (Fsp3) is 0.0400. The van der Waals surface area contributed by atoms with Gasteiger partial charge in [0.15, 0.2) is 0 Å². The molecule has 2 aliphatic heterocycles. The number of H-pyrrole nitrogens is 1. The summed E-state index contributed by atoms with van der Waals surface area (Å²) in [4.78, 5) is 21.4. The zero-order valence-corrected chi connectivity index (χ0v) is 18.2. The van der Waals surface area contributed by atoms with Crippen molar-refractivity contribution < 1.29 is 4.39 Å². The van der Waals surface area contributed by atoms with Crippen LogP contribution >= 0.6 is 0 Å². The summed E-state index contributed by atoms with van der Waals surface area (Å²) in [6, 6.07) is 26.2. The molecule has 0 atom stereocenters. The first kappa shape index (κ1) is 19.5. The molecule has 0 aliphatic carbocycles. The zero-order valence-electron chi connectivity index (χ0n) is 16.5. The predicted octanol–water partition coefficient (Wildman–Crippen LogP) is 3.05. The van der Waals surface area contributed by atoms with Gasteiger partial charge >= 0.3 is 185 Å². The fourth-order valence-corrected chi connectivity index (χ4v) is 5.34. The Morgan fingerprint density at radius 1 is 0.903 bits per heavy atom. The molecule has 3 aromatic rings. The molecule has 4 nitrogen and oxygen atoms in total. The number of aromatic nitrogens is 3. The van der Waals surface area contributed by atoms with E-state index in [2.05, 4.69) is 4.98 Å². The summed E-state index contributed by atoms with van der Waals surface area (Å²) in [7, 11) is 0. The van der Waals surface area contributed by atoms with Gasteiger partial charge < -0.3 is 0 Å². The molecule has 0 fully saturated rings. The third kappa shape index (κ3) is 4.08. The molecule has 5 rings (SSSR count). The van der Waals surface area contributed by atoms with E-state index >= 15 is 0 Å². The van der Waals surface area contributed by atoms with Crippen molar-refractivity contribution in [2.75, 3.05) is 0 Å². The molecule has 2 aliphatic rings. The number of aromatic amines is 1. The Bertz CT molecular complexity index is 1350. The monoisotopic (exact) mass is 475 g/mol. The van der Waals surface area contributed by atoms with E-state index in [4.69, 9.17) is 4.98 Å². The molecule has 31 heavy (non-hydrogen) atoms. The normalized spacial score (nSPS) is 11.1. The van der Waals surface area contributed by atoms with Crippen molar-refractivity contribution in [3.05, 3.63) is 119 Å². The quantitative estimate of drug-likeness (QED) is 0.398. The van der Waals surface area contributed by atoms with Crippen LogP contribution in [0.3, 0.4) is 0 Å². The van der Waals surface area contributed by atoms with Gasteiger partial charge in [0.05, 0.1) is 0 Å². The summed E-state index contributed by atoms with van der Waals surface area (Å²) < 4.78 is 16.9. The van der Waals surface area contributed by atoms with Gasteiger partial charge in [0, 0.05) is 0 Å². The van der Waals surface area contributed by atoms with Crippen LogP contribution in [-0.4, -0.2) is 29.5 Å². The van der Waals surface area contributed by atoms with Gasteiger partial charge in [-0.25, -0.2) is 0 Å². The van der Waals surface area contributed by atoms with Crippen molar-refractivity contribution in [1.29, 1.82) is 0 Å². The van der Waals surface area contributed by atoms with E-state index in [-0.39, 0.29) is 26.3 Å². The molecule has 152 valence electrons. The number of imidazole rings is 1. The first-order valence-electron chi connectivity index (χ1n) is 9.84. The Morgan fingerprint density at radius 2 is 1.58 bits per heavy atom. The van der Waals surface area contributed by atoms with Crippen molar-refractivity contribution in [3.63, 3.8) is 0 Å². The molecule has 0 spiro atoms. The summed E-state index contributed by atoms with van der Waals surface area (Å²) in [5.41, 5.74) is 3.27. The molecular formula is C25H18FN3OSe. The molecule has 0 saturated heterocycles. The number of nitrogens with zero attached hydrogens (tertiary/aromatic N) is 2.